The summed E-state index contributed by atoms with van der Waals surface area (Å²) in [5, 5.41) is 15.0. The van der Waals surface area contributed by atoms with Crippen LogP contribution >= 0.6 is 0 Å². The van der Waals surface area contributed by atoms with Crippen LogP contribution in [0.1, 0.15) is 29.7 Å². The molecule has 0 aliphatic heterocycles. The Balaban J connectivity index is 1.66. The van der Waals surface area contributed by atoms with E-state index in [1.54, 1.807) is 13.2 Å². The molecule has 0 saturated heterocycles. The number of fused-ring (bicyclic) bond motifs is 1. The highest BCUT2D eigenvalue weighted by molar-refractivity contribution is 5.85. The van der Waals surface area contributed by atoms with Crippen LogP contribution in [0.15, 0.2) is 53.3 Å². The lowest BCUT2D eigenvalue weighted by Crippen LogP contribution is -2.32. The summed E-state index contributed by atoms with van der Waals surface area (Å²) >= 11 is 0. The summed E-state index contributed by atoms with van der Waals surface area (Å²) in [5.74, 6) is 0.846. The second-order valence-corrected chi connectivity index (χ2v) is 6.96. The maximum Gasteiger partial charge on any atom is 0.248 e. The number of aromatic amines is 1. The van der Waals surface area contributed by atoms with E-state index in [4.69, 9.17) is 4.74 Å². The predicted octanol–water partition coefficient (Wildman–Crippen LogP) is 3.10. The topological polar surface area (TPSA) is 74.3 Å². The molecule has 5 heteroatoms. The number of nitrogens with one attached hydrogen (secondary N) is 2. The van der Waals surface area contributed by atoms with Crippen LogP contribution in [-0.4, -0.2) is 29.8 Å². The van der Waals surface area contributed by atoms with Crippen LogP contribution in [0.3, 0.4) is 0 Å². The highest BCUT2D eigenvalue weighted by atomic mass is 16.5. The Kier molecular flexibility index (Phi) is 5.94. The summed E-state index contributed by atoms with van der Waals surface area (Å²) in [7, 11) is 1.66. The summed E-state index contributed by atoms with van der Waals surface area (Å²) in [4.78, 5) is 14.5. The SMILES string of the molecule is COc1ccc(CC(C)NCC(O)c2ccc(C)c3[nH]c(=O)ccc23)cc1. The third-order valence-electron chi connectivity index (χ3n) is 4.86. The molecule has 1 heterocycles. The van der Waals surface area contributed by atoms with Crippen LogP contribution in [0, 0.1) is 6.92 Å². The number of aryl methyl sites for hydroxylation is 1. The molecule has 2 atom stereocenters. The summed E-state index contributed by atoms with van der Waals surface area (Å²) in [5.41, 5.74) is 3.66. The molecule has 0 radical (unpaired) electrons. The fourth-order valence-electron chi connectivity index (χ4n) is 3.31. The lowest BCUT2D eigenvalue weighted by atomic mass is 10.00. The van der Waals surface area contributed by atoms with E-state index in [1.165, 1.54) is 11.6 Å². The monoisotopic (exact) mass is 366 g/mol. The summed E-state index contributed by atoms with van der Waals surface area (Å²) < 4.78 is 5.18. The summed E-state index contributed by atoms with van der Waals surface area (Å²) in [6.07, 6.45) is 0.205. The number of rotatable bonds is 7. The number of aliphatic hydroxyl groups excluding tert-OH is 1. The van der Waals surface area contributed by atoms with E-state index in [0.29, 0.717) is 6.54 Å². The van der Waals surface area contributed by atoms with Gasteiger partial charge in [-0.05, 0) is 55.2 Å². The van der Waals surface area contributed by atoms with Crippen LogP contribution in [0.25, 0.3) is 10.9 Å². The number of pyridine rings is 1. The lowest BCUT2D eigenvalue weighted by Gasteiger charge is -2.19. The van der Waals surface area contributed by atoms with E-state index in [1.807, 2.05) is 31.2 Å². The van der Waals surface area contributed by atoms with Gasteiger partial charge in [-0.3, -0.25) is 4.79 Å². The van der Waals surface area contributed by atoms with Crippen molar-refractivity contribution in [2.45, 2.75) is 32.4 Å². The van der Waals surface area contributed by atoms with E-state index < -0.39 is 6.10 Å². The Morgan fingerprint density at radius 2 is 1.85 bits per heavy atom. The number of aromatic nitrogens is 1. The summed E-state index contributed by atoms with van der Waals surface area (Å²) in [6, 6.07) is 15.4. The number of benzene rings is 2. The molecule has 0 fully saturated rings. The standard InChI is InChI=1S/C22H26N2O3/c1-14-4-9-18(19-10-11-21(26)24-22(14)19)20(25)13-23-15(2)12-16-5-7-17(27-3)8-6-16/h4-11,15,20,23,25H,12-13H2,1-3H3,(H,24,26). The fourth-order valence-corrected chi connectivity index (χ4v) is 3.31. The van der Waals surface area contributed by atoms with Crippen molar-refractivity contribution in [1.82, 2.24) is 10.3 Å². The summed E-state index contributed by atoms with van der Waals surface area (Å²) in [6.45, 7) is 4.49. The van der Waals surface area contributed by atoms with Gasteiger partial charge in [0.25, 0.3) is 0 Å². The molecular weight excluding hydrogens is 340 g/mol. The zero-order chi connectivity index (χ0) is 19.4. The van der Waals surface area contributed by atoms with Gasteiger partial charge in [-0.15, -0.1) is 0 Å². The Morgan fingerprint density at radius 1 is 1.11 bits per heavy atom. The van der Waals surface area contributed by atoms with Crippen molar-refractivity contribution in [2.24, 2.45) is 0 Å². The van der Waals surface area contributed by atoms with Crippen molar-refractivity contribution >= 4 is 10.9 Å². The molecule has 0 saturated carbocycles. The second kappa shape index (κ2) is 8.37. The molecule has 0 aliphatic carbocycles. The van der Waals surface area contributed by atoms with Gasteiger partial charge >= 0.3 is 0 Å². The van der Waals surface area contributed by atoms with Crippen molar-refractivity contribution in [1.29, 1.82) is 0 Å². The Labute approximate surface area is 159 Å². The minimum atomic E-state index is -0.655. The highest BCUT2D eigenvalue weighted by Gasteiger charge is 2.14. The molecule has 5 nitrogen and oxygen atoms in total. The van der Waals surface area contributed by atoms with Gasteiger partial charge in [0.15, 0.2) is 0 Å². The molecule has 0 spiro atoms. The van der Waals surface area contributed by atoms with E-state index >= 15 is 0 Å². The van der Waals surface area contributed by atoms with Gasteiger partial charge in [0.2, 0.25) is 5.56 Å². The van der Waals surface area contributed by atoms with Gasteiger partial charge < -0.3 is 20.1 Å². The largest absolute Gasteiger partial charge is 0.497 e. The highest BCUT2D eigenvalue weighted by Crippen LogP contribution is 2.24. The Hall–Kier alpha value is -2.63. The molecule has 3 aromatic rings. The molecule has 0 amide bonds. The van der Waals surface area contributed by atoms with Gasteiger partial charge in [0.05, 0.1) is 18.7 Å². The molecule has 3 N–H and O–H groups in total. The van der Waals surface area contributed by atoms with Crippen molar-refractivity contribution in [3.05, 3.63) is 75.6 Å². The first-order chi connectivity index (χ1) is 13.0. The molecule has 0 bridgehead atoms. The zero-order valence-corrected chi connectivity index (χ0v) is 16.0. The molecule has 0 aliphatic rings. The van der Waals surface area contributed by atoms with Crippen molar-refractivity contribution in [2.75, 3.05) is 13.7 Å². The van der Waals surface area contributed by atoms with Gasteiger partial charge in [-0.2, -0.15) is 0 Å². The van der Waals surface area contributed by atoms with Gasteiger partial charge in [0, 0.05) is 24.0 Å². The van der Waals surface area contributed by atoms with E-state index in [-0.39, 0.29) is 11.6 Å². The van der Waals surface area contributed by atoms with Gasteiger partial charge in [0.1, 0.15) is 5.75 Å². The van der Waals surface area contributed by atoms with Crippen molar-refractivity contribution in [3.63, 3.8) is 0 Å². The molecule has 27 heavy (non-hydrogen) atoms. The first-order valence-corrected chi connectivity index (χ1v) is 9.15. The minimum Gasteiger partial charge on any atom is -0.497 e. The van der Waals surface area contributed by atoms with E-state index in [2.05, 4.69) is 29.4 Å². The van der Waals surface area contributed by atoms with E-state index in [9.17, 15) is 9.90 Å². The average Bonchev–Trinajstić information content (AvgIpc) is 2.67. The molecule has 1 aromatic heterocycles. The van der Waals surface area contributed by atoms with Gasteiger partial charge in [-0.25, -0.2) is 0 Å². The van der Waals surface area contributed by atoms with Crippen LogP contribution in [0.4, 0.5) is 0 Å². The van der Waals surface area contributed by atoms with E-state index in [0.717, 1.165) is 34.2 Å². The number of hydrogen-bond acceptors (Lipinski definition) is 4. The molecule has 2 unspecified atom stereocenters. The molecule has 2 aromatic carbocycles. The number of aliphatic hydroxyl groups is 1. The average molecular weight is 366 g/mol. The first kappa shape index (κ1) is 19.1. The smallest absolute Gasteiger partial charge is 0.248 e. The van der Waals surface area contributed by atoms with Crippen LogP contribution < -0.4 is 15.6 Å². The Bertz CT molecular complexity index is 963. The van der Waals surface area contributed by atoms with Crippen LogP contribution in [0.2, 0.25) is 0 Å². The number of H-pyrrole nitrogens is 1. The molecule has 142 valence electrons. The third kappa shape index (κ3) is 4.56. The normalized spacial score (nSPS) is 13.5. The lowest BCUT2D eigenvalue weighted by molar-refractivity contribution is 0.172. The third-order valence-corrected chi connectivity index (χ3v) is 4.86. The maximum atomic E-state index is 11.6. The van der Waals surface area contributed by atoms with Crippen molar-refractivity contribution < 1.29 is 9.84 Å². The second-order valence-electron chi connectivity index (χ2n) is 6.96. The zero-order valence-electron chi connectivity index (χ0n) is 16.0. The predicted molar refractivity (Wildman–Crippen MR) is 108 cm³/mol. The quantitative estimate of drug-likeness (QED) is 0.601. The Morgan fingerprint density at radius 3 is 2.56 bits per heavy atom. The van der Waals surface area contributed by atoms with Crippen molar-refractivity contribution in [3.8, 4) is 5.75 Å². The van der Waals surface area contributed by atoms with Gasteiger partial charge in [-0.1, -0.05) is 24.3 Å². The first-order valence-electron chi connectivity index (χ1n) is 9.15. The minimum absolute atomic E-state index is 0.136. The molecule has 3 rings (SSSR count). The number of ether oxygens (including phenoxy) is 1. The maximum absolute atomic E-state index is 11.6. The van der Waals surface area contributed by atoms with Crippen LogP contribution in [0.5, 0.6) is 5.75 Å². The number of hydrogen-bond donors (Lipinski definition) is 3. The number of methoxy groups -OCH3 is 1. The fraction of sp³-hybridized carbons (Fsp3) is 0.318. The van der Waals surface area contributed by atoms with Crippen LogP contribution in [-0.2, 0) is 6.42 Å². The molecular formula is C22H26N2O3.